The predicted octanol–water partition coefficient (Wildman–Crippen LogP) is 3.53. The lowest BCUT2D eigenvalue weighted by atomic mass is 9.89. The molecule has 0 radical (unpaired) electrons. The molecular formula is C20H26N2O4S. The van der Waals surface area contributed by atoms with E-state index in [0.29, 0.717) is 30.1 Å². The molecular weight excluding hydrogens is 364 g/mol. The molecule has 1 amide bonds. The maximum absolute atomic E-state index is 12.7. The lowest BCUT2D eigenvalue weighted by Crippen LogP contribution is -2.23. The molecule has 7 heteroatoms. The normalized spacial score (nSPS) is 16.0. The maximum Gasteiger partial charge on any atom is 0.337 e. The van der Waals surface area contributed by atoms with Gasteiger partial charge in [-0.15, -0.1) is 0 Å². The van der Waals surface area contributed by atoms with Crippen LogP contribution in [0.2, 0.25) is 0 Å². The summed E-state index contributed by atoms with van der Waals surface area (Å²) in [6, 6.07) is 5.42. The van der Waals surface area contributed by atoms with Crippen molar-refractivity contribution in [3.8, 4) is 0 Å². The summed E-state index contributed by atoms with van der Waals surface area (Å²) in [5.41, 5.74) is 1.44. The number of nitrogens with zero attached hydrogens (tertiary/aromatic N) is 2. The maximum atomic E-state index is 12.7. The third-order valence-corrected chi connectivity index (χ3v) is 5.97. The number of carbonyl (C=O) groups is 2. The van der Waals surface area contributed by atoms with E-state index < -0.39 is 0 Å². The van der Waals surface area contributed by atoms with Crippen molar-refractivity contribution in [3.05, 3.63) is 28.6 Å². The lowest BCUT2D eigenvalue weighted by molar-refractivity contribution is -0.122. The van der Waals surface area contributed by atoms with E-state index in [-0.39, 0.29) is 17.8 Å². The molecule has 0 atom stereocenters. The van der Waals surface area contributed by atoms with Crippen LogP contribution >= 0.6 is 11.3 Å². The summed E-state index contributed by atoms with van der Waals surface area (Å²) in [6.45, 7) is 3.76. The lowest BCUT2D eigenvalue weighted by Gasteiger charge is -2.17. The van der Waals surface area contributed by atoms with Crippen LogP contribution in [0.1, 0.15) is 49.4 Å². The van der Waals surface area contributed by atoms with Gasteiger partial charge in [0, 0.05) is 19.1 Å². The van der Waals surface area contributed by atoms with Crippen LogP contribution in [0.15, 0.2) is 23.2 Å². The van der Waals surface area contributed by atoms with Crippen LogP contribution in [0.4, 0.5) is 0 Å². The second-order valence-electron chi connectivity index (χ2n) is 6.69. The third-order valence-electron chi connectivity index (χ3n) is 4.93. The highest BCUT2D eigenvalue weighted by molar-refractivity contribution is 7.16. The summed E-state index contributed by atoms with van der Waals surface area (Å²) in [6.07, 6.45) is 5.27. The fraction of sp³-hybridized carbons (Fsp3) is 0.550. The van der Waals surface area contributed by atoms with Crippen molar-refractivity contribution in [2.24, 2.45) is 10.9 Å². The molecule has 1 heterocycles. The molecule has 0 bridgehead atoms. The number of rotatable bonds is 6. The zero-order valence-corrected chi connectivity index (χ0v) is 16.7. The number of methoxy groups -OCH3 is 1. The highest BCUT2D eigenvalue weighted by Crippen LogP contribution is 2.25. The Morgan fingerprint density at radius 3 is 2.74 bits per heavy atom. The van der Waals surface area contributed by atoms with Crippen LogP contribution in [-0.2, 0) is 20.8 Å². The van der Waals surface area contributed by atoms with E-state index in [1.807, 2.05) is 17.6 Å². The van der Waals surface area contributed by atoms with Crippen LogP contribution in [0, 0.1) is 5.92 Å². The van der Waals surface area contributed by atoms with Crippen LogP contribution in [-0.4, -0.2) is 36.8 Å². The van der Waals surface area contributed by atoms with Crippen molar-refractivity contribution in [3.63, 3.8) is 0 Å². The molecule has 1 saturated carbocycles. The van der Waals surface area contributed by atoms with Gasteiger partial charge in [0.15, 0.2) is 4.80 Å². The number of esters is 1. The highest BCUT2D eigenvalue weighted by Gasteiger charge is 2.21. The van der Waals surface area contributed by atoms with Gasteiger partial charge in [0.05, 0.1) is 29.5 Å². The van der Waals surface area contributed by atoms with E-state index in [0.717, 1.165) is 35.9 Å². The zero-order chi connectivity index (χ0) is 19.2. The van der Waals surface area contributed by atoms with Crippen molar-refractivity contribution >= 4 is 33.4 Å². The van der Waals surface area contributed by atoms with Gasteiger partial charge in [-0.25, -0.2) is 4.79 Å². The van der Waals surface area contributed by atoms with Crippen LogP contribution in [0.25, 0.3) is 10.2 Å². The van der Waals surface area contributed by atoms with Gasteiger partial charge in [-0.1, -0.05) is 30.6 Å². The van der Waals surface area contributed by atoms with E-state index in [9.17, 15) is 9.59 Å². The molecule has 1 aromatic heterocycles. The number of carbonyl (C=O) groups excluding carboxylic acids is 2. The Bertz CT molecular complexity index is 878. The van der Waals surface area contributed by atoms with E-state index in [2.05, 4.69) is 4.99 Å². The van der Waals surface area contributed by atoms with Crippen molar-refractivity contribution < 1.29 is 19.1 Å². The molecule has 0 spiro atoms. The fourth-order valence-corrected chi connectivity index (χ4v) is 4.56. The number of fused-ring (bicyclic) bond motifs is 1. The Morgan fingerprint density at radius 1 is 1.26 bits per heavy atom. The zero-order valence-electron chi connectivity index (χ0n) is 15.9. The Morgan fingerprint density at radius 2 is 2.04 bits per heavy atom. The van der Waals surface area contributed by atoms with E-state index in [4.69, 9.17) is 9.47 Å². The monoisotopic (exact) mass is 390 g/mol. The number of thiazole rings is 1. The molecule has 0 N–H and O–H groups in total. The number of amides is 1. The molecule has 1 aromatic carbocycles. The number of hydrogen-bond donors (Lipinski definition) is 0. The van der Waals surface area contributed by atoms with Gasteiger partial charge in [-0.05, 0) is 38.0 Å². The van der Waals surface area contributed by atoms with Crippen LogP contribution < -0.4 is 4.80 Å². The third kappa shape index (κ3) is 4.65. The summed E-state index contributed by atoms with van der Waals surface area (Å²) < 4.78 is 13.2. The predicted molar refractivity (Wildman–Crippen MR) is 105 cm³/mol. The van der Waals surface area contributed by atoms with Crippen LogP contribution in [0.5, 0.6) is 0 Å². The minimum absolute atomic E-state index is 0.0281. The Balaban J connectivity index is 1.99. The highest BCUT2D eigenvalue weighted by atomic mass is 32.1. The Kier molecular flexibility index (Phi) is 6.79. The molecule has 6 nitrogen and oxygen atoms in total. The van der Waals surface area contributed by atoms with Crippen molar-refractivity contribution in [2.75, 3.05) is 20.3 Å². The van der Waals surface area contributed by atoms with Gasteiger partial charge in [0.25, 0.3) is 5.91 Å². The standard InChI is InChI=1S/C20H26N2O4S/c1-3-26-12-11-22-16-10-9-15(19(24)25-2)13-17(16)27-20(22)21-18(23)14-7-5-4-6-8-14/h9-10,13-14H,3-8,11-12H2,1-2H3. The second kappa shape index (κ2) is 9.28. The average molecular weight is 391 g/mol. The minimum Gasteiger partial charge on any atom is -0.465 e. The van der Waals surface area contributed by atoms with Gasteiger partial charge < -0.3 is 14.0 Å². The molecule has 1 fully saturated rings. The quantitative estimate of drug-likeness (QED) is 0.559. The van der Waals surface area contributed by atoms with Gasteiger partial charge in [-0.3, -0.25) is 4.79 Å². The summed E-state index contributed by atoms with van der Waals surface area (Å²) in [5, 5.41) is 0. The summed E-state index contributed by atoms with van der Waals surface area (Å²) in [4.78, 5) is 29.6. The molecule has 3 rings (SSSR count). The Labute approximate surface area is 162 Å². The molecule has 146 valence electrons. The first kappa shape index (κ1) is 19.8. The van der Waals surface area contributed by atoms with Gasteiger partial charge in [-0.2, -0.15) is 4.99 Å². The minimum atomic E-state index is -0.372. The van der Waals surface area contributed by atoms with Gasteiger partial charge >= 0.3 is 5.97 Å². The van der Waals surface area contributed by atoms with Crippen molar-refractivity contribution in [1.29, 1.82) is 0 Å². The van der Waals surface area contributed by atoms with Crippen molar-refractivity contribution in [2.45, 2.75) is 45.6 Å². The fourth-order valence-electron chi connectivity index (χ4n) is 3.45. The molecule has 1 aliphatic rings. The SMILES string of the molecule is CCOCCn1c(=NC(=O)C2CCCCC2)sc2cc(C(=O)OC)ccc21. The first-order valence-corrected chi connectivity index (χ1v) is 10.3. The molecule has 0 aliphatic heterocycles. The Hall–Kier alpha value is -1.99. The number of ether oxygens (including phenoxy) is 2. The van der Waals surface area contributed by atoms with Crippen molar-refractivity contribution in [1.82, 2.24) is 4.57 Å². The largest absolute Gasteiger partial charge is 0.465 e. The van der Waals surface area contributed by atoms with Crippen LogP contribution in [0.3, 0.4) is 0 Å². The number of aromatic nitrogens is 1. The molecule has 27 heavy (non-hydrogen) atoms. The molecule has 0 saturated heterocycles. The number of hydrogen-bond acceptors (Lipinski definition) is 5. The van der Waals surface area contributed by atoms with Gasteiger partial charge in [0.2, 0.25) is 0 Å². The van der Waals surface area contributed by atoms with E-state index >= 15 is 0 Å². The molecule has 2 aromatic rings. The van der Waals surface area contributed by atoms with E-state index in [1.54, 1.807) is 12.1 Å². The number of benzene rings is 1. The first-order chi connectivity index (χ1) is 13.1. The van der Waals surface area contributed by atoms with Gasteiger partial charge in [0.1, 0.15) is 0 Å². The summed E-state index contributed by atoms with van der Waals surface area (Å²) in [5.74, 6) is -0.363. The molecule has 0 unspecified atom stereocenters. The molecule has 1 aliphatic carbocycles. The topological polar surface area (TPSA) is 69.9 Å². The average Bonchev–Trinajstić information content (AvgIpc) is 3.04. The summed E-state index contributed by atoms with van der Waals surface area (Å²) in [7, 11) is 1.37. The second-order valence-corrected chi connectivity index (χ2v) is 7.70. The van der Waals surface area contributed by atoms with E-state index in [1.165, 1.54) is 24.9 Å². The summed E-state index contributed by atoms with van der Waals surface area (Å²) >= 11 is 1.43. The smallest absolute Gasteiger partial charge is 0.337 e. The first-order valence-electron chi connectivity index (χ1n) is 9.52.